The molecule has 0 aliphatic heterocycles. The summed E-state index contributed by atoms with van der Waals surface area (Å²) in [4.78, 5) is 24.7. The van der Waals surface area contributed by atoms with E-state index in [0.29, 0.717) is 16.3 Å². The molecule has 0 radical (unpaired) electrons. The van der Waals surface area contributed by atoms with Gasteiger partial charge in [-0.25, -0.2) is 0 Å². The molecule has 3 aromatic rings. The number of hydrogen-bond acceptors (Lipinski definition) is 3. The van der Waals surface area contributed by atoms with E-state index < -0.39 is 0 Å². The van der Waals surface area contributed by atoms with Crippen molar-refractivity contribution in [2.75, 3.05) is 7.11 Å². The van der Waals surface area contributed by atoms with Crippen LogP contribution in [0, 0.1) is 6.92 Å². The van der Waals surface area contributed by atoms with Gasteiger partial charge >= 0.3 is 188 Å². The molecule has 0 fully saturated rings. The van der Waals surface area contributed by atoms with Crippen LogP contribution in [0.15, 0.2) is 42.5 Å². The fraction of sp³-hybridized carbons (Fsp3) is 0.158. The van der Waals surface area contributed by atoms with Crippen molar-refractivity contribution in [3.63, 3.8) is 0 Å². The molecule has 0 saturated carbocycles. The van der Waals surface area contributed by atoms with Crippen molar-refractivity contribution in [3.8, 4) is 5.75 Å². The van der Waals surface area contributed by atoms with Gasteiger partial charge in [0, 0.05) is 0 Å². The Morgan fingerprint density at radius 1 is 1.15 bits per heavy atom. The van der Waals surface area contributed by atoms with E-state index in [-0.39, 0.29) is 46.6 Å². The monoisotopic (exact) mass is 443 g/mol. The number of rotatable bonds is 4. The van der Waals surface area contributed by atoms with Gasteiger partial charge in [-0.2, -0.15) is 0 Å². The summed E-state index contributed by atoms with van der Waals surface area (Å²) in [5.74, 6) is 0.514. The van der Waals surface area contributed by atoms with Gasteiger partial charge in [-0.05, 0) is 0 Å². The molecule has 0 saturated heterocycles. The third kappa shape index (κ3) is 4.09. The van der Waals surface area contributed by atoms with Crippen molar-refractivity contribution in [3.05, 3.63) is 64.3 Å². The van der Waals surface area contributed by atoms with Crippen LogP contribution >= 0.6 is 11.6 Å². The van der Waals surface area contributed by atoms with Crippen molar-refractivity contribution in [1.29, 1.82) is 0 Å². The van der Waals surface area contributed by atoms with Gasteiger partial charge in [0.2, 0.25) is 0 Å². The summed E-state index contributed by atoms with van der Waals surface area (Å²) in [6.07, 6.45) is 0.219. The van der Waals surface area contributed by atoms with Crippen LogP contribution < -0.4 is 34.3 Å². The normalized spacial score (nSPS) is 10.4. The van der Waals surface area contributed by atoms with E-state index in [1.165, 1.54) is 0 Å². The van der Waals surface area contributed by atoms with Crippen molar-refractivity contribution >= 4 is 49.1 Å². The van der Waals surface area contributed by atoms with Gasteiger partial charge in [-0.3, -0.25) is 0 Å². The van der Waals surface area contributed by atoms with Gasteiger partial charge in [0.25, 0.3) is 0 Å². The molecular formula is C19H15ClNNaO3Se. The Kier molecular flexibility index (Phi) is 7.14. The summed E-state index contributed by atoms with van der Waals surface area (Å²) in [5.41, 5.74) is 2.84. The molecule has 3 rings (SSSR count). The van der Waals surface area contributed by atoms with Gasteiger partial charge < -0.3 is 0 Å². The van der Waals surface area contributed by atoms with Gasteiger partial charge in [0.1, 0.15) is 0 Å². The molecule has 7 heteroatoms. The summed E-state index contributed by atoms with van der Waals surface area (Å²) in [6.45, 7) is 1.85. The van der Waals surface area contributed by atoms with Crippen LogP contribution in [-0.2, 0) is 11.2 Å². The fourth-order valence-corrected chi connectivity index (χ4v) is 3.37. The van der Waals surface area contributed by atoms with Crippen molar-refractivity contribution in [2.45, 2.75) is 13.3 Å². The average molecular weight is 443 g/mol. The molecule has 1 aromatic heterocycles. The first-order valence-corrected chi connectivity index (χ1v) is 8.84. The number of halogens is 1. The van der Waals surface area contributed by atoms with Gasteiger partial charge in [-0.1, -0.05) is 0 Å². The first kappa shape index (κ1) is 21.2. The molecule has 0 N–H and O–H groups in total. The van der Waals surface area contributed by atoms with Crippen LogP contribution in [0.5, 0.6) is 5.75 Å². The molecule has 0 amide bonds. The zero-order valence-electron chi connectivity index (χ0n) is 14.7. The maximum atomic E-state index is 13.0. The Balaban J connectivity index is 0.00000243. The van der Waals surface area contributed by atoms with Crippen molar-refractivity contribution < 1.29 is 43.9 Å². The minimum absolute atomic E-state index is 0. The predicted molar refractivity (Wildman–Crippen MR) is 98.9 cm³/mol. The van der Waals surface area contributed by atoms with E-state index in [1.54, 1.807) is 42.0 Å². The Morgan fingerprint density at radius 2 is 1.81 bits per heavy atom. The number of carbonyl (C=O) groups is 2. The third-order valence-corrected chi connectivity index (χ3v) is 4.71. The van der Waals surface area contributed by atoms with Crippen LogP contribution in [0.3, 0.4) is 0 Å². The van der Waals surface area contributed by atoms with Crippen molar-refractivity contribution in [2.24, 2.45) is 0 Å². The van der Waals surface area contributed by atoms with Crippen LogP contribution in [-0.4, -0.2) is 38.3 Å². The number of carbonyl (C=O) groups excluding carboxylic acids is 2. The van der Waals surface area contributed by atoms with Crippen LogP contribution in [0.25, 0.3) is 10.9 Å². The Hall–Kier alpha value is -1.07. The molecule has 26 heavy (non-hydrogen) atoms. The topological polar surface area (TPSA) is 48.3 Å². The van der Waals surface area contributed by atoms with E-state index in [0.717, 1.165) is 22.2 Å². The summed E-state index contributed by atoms with van der Waals surface area (Å²) in [6, 6.07) is 12.2. The quantitative estimate of drug-likeness (QED) is 0.554. The zero-order valence-corrected chi connectivity index (χ0v) is 19.2. The fourth-order valence-electron chi connectivity index (χ4n) is 2.94. The first-order valence-electron chi connectivity index (χ1n) is 7.60. The van der Waals surface area contributed by atoms with Crippen LogP contribution in [0.4, 0.5) is 0 Å². The van der Waals surface area contributed by atoms with Gasteiger partial charge in [0.15, 0.2) is 0 Å². The third-order valence-electron chi connectivity index (χ3n) is 4.16. The standard InChI is InChI=1S/C19H16ClNO3Se.Na/c1-11-15(10-18(22)25)16-9-14(24-2)7-8-17(16)21(11)19(23)12-3-5-13(20)6-4-12;/h3-9H,10H2,1-2H3,(H,22,25);/q;+1/p-1. The van der Waals surface area contributed by atoms with E-state index in [9.17, 15) is 9.59 Å². The number of benzene rings is 2. The first-order chi connectivity index (χ1) is 11.9. The number of methoxy groups -OCH3 is 1. The summed E-state index contributed by atoms with van der Waals surface area (Å²) in [7, 11) is 1.59. The van der Waals surface area contributed by atoms with Gasteiger partial charge in [-0.15, -0.1) is 0 Å². The zero-order chi connectivity index (χ0) is 18.1. The molecule has 128 valence electrons. The number of ether oxygens (including phenoxy) is 1. The predicted octanol–water partition coefficient (Wildman–Crippen LogP) is 0.542. The van der Waals surface area contributed by atoms with E-state index in [2.05, 4.69) is 16.0 Å². The number of hydrogen-bond donors (Lipinski definition) is 0. The van der Waals surface area contributed by atoms with Gasteiger partial charge in [0.05, 0.1) is 0 Å². The second-order valence-electron chi connectivity index (χ2n) is 5.64. The molecule has 0 aliphatic carbocycles. The minimum atomic E-state index is -0.164. The van der Waals surface area contributed by atoms with Crippen LogP contribution in [0.1, 0.15) is 21.6 Å². The minimum Gasteiger partial charge on any atom is 1.00 e. The van der Waals surface area contributed by atoms with E-state index >= 15 is 0 Å². The average Bonchev–Trinajstić information content (AvgIpc) is 2.86. The Bertz CT molecular complexity index is 983. The molecule has 0 spiro atoms. The summed E-state index contributed by atoms with van der Waals surface area (Å²) < 4.78 is 6.84. The largest absolute Gasteiger partial charge is 1.00 e. The summed E-state index contributed by atoms with van der Waals surface area (Å²) >= 11 is 8.42. The molecule has 1 heterocycles. The SMILES string of the molecule is COc1ccc2c(c1)c(CC(=O)[Se-])c(C)n2C(=O)c1ccc(Cl)cc1.[Na+]. The number of fused-ring (bicyclic) bond motifs is 1. The molecule has 0 bridgehead atoms. The molecule has 0 atom stereocenters. The molecule has 2 aromatic carbocycles. The van der Waals surface area contributed by atoms with E-state index in [4.69, 9.17) is 16.3 Å². The second-order valence-corrected chi connectivity index (χ2v) is 7.04. The molecule has 4 nitrogen and oxygen atoms in total. The second kappa shape index (κ2) is 8.75. The number of nitrogens with zero attached hydrogens (tertiary/aromatic N) is 1. The maximum absolute atomic E-state index is 13.0. The van der Waals surface area contributed by atoms with E-state index in [1.807, 2.05) is 19.1 Å². The van der Waals surface area contributed by atoms with Crippen molar-refractivity contribution in [1.82, 2.24) is 4.57 Å². The smallest absolute Gasteiger partial charge is 1.00 e. The number of aromatic nitrogens is 1. The molecular weight excluding hydrogens is 428 g/mol. The Morgan fingerprint density at radius 3 is 2.38 bits per heavy atom. The maximum Gasteiger partial charge on any atom is 1.00 e. The van der Waals surface area contributed by atoms with Crippen LogP contribution in [0.2, 0.25) is 5.02 Å². The molecule has 0 unspecified atom stereocenters. The summed E-state index contributed by atoms with van der Waals surface area (Å²) in [5, 5.41) is 1.41. The Labute approximate surface area is 187 Å². The molecule has 0 aliphatic rings.